The largest absolute Gasteiger partial charge is 0.501 e. The Hall–Kier alpha value is -4.93. The maximum atomic E-state index is 6.15. The zero-order chi connectivity index (χ0) is 36.2. The van der Waals surface area contributed by atoms with Crippen molar-refractivity contribution in [3.05, 3.63) is 175 Å². The molecule has 0 spiro atoms. The van der Waals surface area contributed by atoms with Crippen LogP contribution in [0.15, 0.2) is 150 Å². The second-order valence-electron chi connectivity index (χ2n) is 14.7. The fraction of sp³-hybridized carbons (Fsp3) is 0.167. The Balaban J connectivity index is 0.000000179. The maximum Gasteiger partial charge on any atom is 0.120 e. The Morgan fingerprint density at radius 3 is 2.06 bits per heavy atom. The zero-order valence-electron chi connectivity index (χ0n) is 31.1. The standard InChI is InChI=1S/C25H18NO.C23H26NSi.Ir/c1-17(18-8-3-2-4-9-18)19-14-15-26-23(16-19)22-12-7-11-21-20-10-5-6-13-24(20)27-25(21)22;1-17(2)21-15-22(24-16-23(21)25(3,4)5)20-13-9-12-19(14-20)18-10-7-6-8-11-18;/h2-11,13-17H,1H3;6-12,14-17H,1-5H3;/q2*-1;. The van der Waals surface area contributed by atoms with E-state index in [0.29, 0.717) is 11.8 Å². The molecule has 1 atom stereocenters. The van der Waals surface area contributed by atoms with E-state index in [1.54, 1.807) is 0 Å². The van der Waals surface area contributed by atoms with Crippen molar-refractivity contribution in [3.8, 4) is 33.6 Å². The molecule has 5 aromatic carbocycles. The Labute approximate surface area is 328 Å². The molecule has 5 heteroatoms. The van der Waals surface area contributed by atoms with Crippen LogP contribution < -0.4 is 5.19 Å². The Kier molecular flexibility index (Phi) is 11.7. The van der Waals surface area contributed by atoms with E-state index in [0.717, 1.165) is 44.5 Å². The molecule has 3 nitrogen and oxygen atoms in total. The predicted molar refractivity (Wildman–Crippen MR) is 221 cm³/mol. The molecule has 0 N–H and O–H groups in total. The summed E-state index contributed by atoms with van der Waals surface area (Å²) in [6, 6.07) is 52.7. The summed E-state index contributed by atoms with van der Waals surface area (Å²) >= 11 is 0. The van der Waals surface area contributed by atoms with Gasteiger partial charge in [0.2, 0.25) is 0 Å². The first-order valence-electron chi connectivity index (χ1n) is 18.1. The van der Waals surface area contributed by atoms with Crippen molar-refractivity contribution in [2.45, 2.75) is 52.2 Å². The van der Waals surface area contributed by atoms with Crippen molar-refractivity contribution < 1.29 is 24.5 Å². The summed E-state index contributed by atoms with van der Waals surface area (Å²) in [6.07, 6.45) is 3.99. The smallest absolute Gasteiger partial charge is 0.120 e. The Morgan fingerprint density at radius 1 is 0.623 bits per heavy atom. The molecule has 0 saturated carbocycles. The molecule has 1 unspecified atom stereocenters. The van der Waals surface area contributed by atoms with Gasteiger partial charge in [0, 0.05) is 43.8 Å². The molecule has 0 aliphatic carbocycles. The molecule has 3 heterocycles. The van der Waals surface area contributed by atoms with Crippen molar-refractivity contribution in [1.29, 1.82) is 0 Å². The molecule has 53 heavy (non-hydrogen) atoms. The van der Waals surface area contributed by atoms with E-state index in [1.165, 1.54) is 33.0 Å². The zero-order valence-corrected chi connectivity index (χ0v) is 34.5. The third kappa shape index (κ3) is 8.34. The summed E-state index contributed by atoms with van der Waals surface area (Å²) in [5, 5.41) is 3.68. The van der Waals surface area contributed by atoms with Crippen LogP contribution in [0.1, 0.15) is 49.3 Å². The van der Waals surface area contributed by atoms with E-state index in [9.17, 15) is 0 Å². The first-order chi connectivity index (χ1) is 25.2. The number of furan rings is 1. The Bertz CT molecular complexity index is 2450. The van der Waals surface area contributed by atoms with Crippen LogP contribution in [0.5, 0.6) is 0 Å². The molecule has 0 aliphatic heterocycles. The summed E-state index contributed by atoms with van der Waals surface area (Å²) in [7, 11) is -1.40. The van der Waals surface area contributed by atoms with Gasteiger partial charge in [0.25, 0.3) is 0 Å². The van der Waals surface area contributed by atoms with Crippen LogP contribution in [0.25, 0.3) is 55.6 Å². The molecule has 8 aromatic rings. The minimum Gasteiger partial charge on any atom is -0.501 e. The molecule has 0 bridgehead atoms. The average Bonchev–Trinajstić information content (AvgIpc) is 3.57. The number of nitrogens with zero attached hydrogens (tertiary/aromatic N) is 2. The van der Waals surface area contributed by atoms with Gasteiger partial charge in [-0.1, -0.05) is 148 Å². The molecule has 0 fully saturated rings. The van der Waals surface area contributed by atoms with Gasteiger partial charge in [0.1, 0.15) is 5.58 Å². The van der Waals surface area contributed by atoms with Crippen molar-refractivity contribution in [1.82, 2.24) is 9.97 Å². The number of pyridine rings is 2. The van der Waals surface area contributed by atoms with Crippen molar-refractivity contribution >= 4 is 35.2 Å². The summed E-state index contributed by atoms with van der Waals surface area (Å²) < 4.78 is 6.15. The molecule has 8 rings (SSSR count). The quantitative estimate of drug-likeness (QED) is 0.118. The summed E-state index contributed by atoms with van der Waals surface area (Å²) in [6.45, 7) is 13.9. The van der Waals surface area contributed by atoms with Crippen molar-refractivity contribution in [2.24, 2.45) is 0 Å². The molecule has 0 saturated heterocycles. The van der Waals surface area contributed by atoms with E-state index in [1.807, 2.05) is 48.7 Å². The minimum absolute atomic E-state index is 0. The van der Waals surface area contributed by atoms with Gasteiger partial charge in [-0.15, -0.1) is 53.6 Å². The third-order valence-corrected chi connectivity index (χ3v) is 11.8. The minimum atomic E-state index is -1.40. The van der Waals surface area contributed by atoms with Gasteiger partial charge >= 0.3 is 0 Å². The van der Waals surface area contributed by atoms with Crippen molar-refractivity contribution in [3.63, 3.8) is 0 Å². The number of hydrogen-bond donors (Lipinski definition) is 0. The molecule has 0 amide bonds. The monoisotopic (exact) mass is 885 g/mol. The SMILES string of the molecule is CC(C)c1cc(-c2[c-]ccc(-c3ccccc3)c2)ncc1[Si](C)(C)C.CC(c1ccccc1)c1ccnc(-c2[c-]ccc3c2oc2ccccc23)c1.[Ir]. The molecule has 267 valence electrons. The van der Waals surface area contributed by atoms with Crippen LogP contribution in [0.2, 0.25) is 19.6 Å². The normalized spacial score (nSPS) is 11.9. The van der Waals surface area contributed by atoms with Gasteiger partial charge in [-0.2, -0.15) is 0 Å². The first kappa shape index (κ1) is 37.8. The van der Waals surface area contributed by atoms with Crippen LogP contribution in [0.4, 0.5) is 0 Å². The third-order valence-electron chi connectivity index (χ3n) is 9.73. The van der Waals surface area contributed by atoms with E-state index in [-0.39, 0.29) is 20.1 Å². The number of benzene rings is 5. The fourth-order valence-corrected chi connectivity index (χ4v) is 8.49. The molecule has 3 aromatic heterocycles. The maximum absolute atomic E-state index is 6.15. The van der Waals surface area contributed by atoms with E-state index >= 15 is 0 Å². The number of aromatic nitrogens is 2. The average molecular weight is 885 g/mol. The molecular weight excluding hydrogens is 841 g/mol. The van der Waals surface area contributed by atoms with Crippen LogP contribution >= 0.6 is 0 Å². The van der Waals surface area contributed by atoms with Gasteiger partial charge in [-0.25, -0.2) is 0 Å². The molecule has 1 radical (unpaired) electrons. The van der Waals surface area contributed by atoms with Gasteiger partial charge in [-0.3, -0.25) is 0 Å². The van der Waals surface area contributed by atoms with Crippen LogP contribution in [-0.4, -0.2) is 18.0 Å². The van der Waals surface area contributed by atoms with Gasteiger partial charge in [0.05, 0.1) is 13.7 Å². The summed E-state index contributed by atoms with van der Waals surface area (Å²) in [5.74, 6) is 0.795. The second kappa shape index (κ2) is 16.4. The number of para-hydroxylation sites is 1. The predicted octanol–water partition coefficient (Wildman–Crippen LogP) is 12.5. The fourth-order valence-electron chi connectivity index (χ4n) is 6.81. The van der Waals surface area contributed by atoms with Crippen molar-refractivity contribution in [2.75, 3.05) is 0 Å². The van der Waals surface area contributed by atoms with Crippen LogP contribution in [0, 0.1) is 12.1 Å². The summed E-state index contributed by atoms with van der Waals surface area (Å²) in [4.78, 5) is 9.41. The van der Waals surface area contributed by atoms with E-state index < -0.39 is 8.07 Å². The molecular formula is C48H44IrN2OSi-2. The molecule has 0 aliphatic rings. The Morgan fingerprint density at radius 2 is 1.32 bits per heavy atom. The van der Waals surface area contributed by atoms with E-state index in [2.05, 4.69) is 155 Å². The van der Waals surface area contributed by atoms with E-state index in [4.69, 9.17) is 9.40 Å². The topological polar surface area (TPSA) is 38.9 Å². The number of hydrogen-bond acceptors (Lipinski definition) is 3. The second-order valence-corrected chi connectivity index (χ2v) is 19.8. The van der Waals surface area contributed by atoms with Crippen LogP contribution in [0.3, 0.4) is 0 Å². The van der Waals surface area contributed by atoms with Gasteiger partial charge in [0.15, 0.2) is 0 Å². The van der Waals surface area contributed by atoms with Gasteiger partial charge in [-0.05, 0) is 51.3 Å². The summed E-state index contributed by atoms with van der Waals surface area (Å²) in [5.41, 5.74) is 12.0. The number of rotatable bonds is 7. The van der Waals surface area contributed by atoms with Gasteiger partial charge < -0.3 is 14.4 Å². The van der Waals surface area contributed by atoms with Crippen LogP contribution in [-0.2, 0) is 20.1 Å². The first-order valence-corrected chi connectivity index (χ1v) is 21.6. The number of fused-ring (bicyclic) bond motifs is 3.